The van der Waals surface area contributed by atoms with Crippen LogP contribution in [0, 0.1) is 12.8 Å². The molecule has 0 aromatic carbocycles. The van der Waals surface area contributed by atoms with Crippen molar-refractivity contribution < 1.29 is 9.53 Å². The predicted octanol–water partition coefficient (Wildman–Crippen LogP) is 1.39. The molecule has 4 nitrogen and oxygen atoms in total. The molecule has 1 aromatic heterocycles. The number of nitrogens with zero attached hydrogens (tertiary/aromatic N) is 2. The van der Waals surface area contributed by atoms with Crippen molar-refractivity contribution in [3.8, 4) is 0 Å². The average molecular weight is 206 g/mol. The third kappa shape index (κ3) is 2.39. The molecule has 2 heterocycles. The fraction of sp³-hybridized carbons (Fsp3) is 0.545. The van der Waals surface area contributed by atoms with Gasteiger partial charge >= 0.3 is 0 Å². The molecule has 2 rings (SSSR count). The lowest BCUT2D eigenvalue weighted by atomic mass is 9.93. The van der Waals surface area contributed by atoms with Crippen LogP contribution >= 0.6 is 0 Å². The van der Waals surface area contributed by atoms with Crippen LogP contribution in [0.15, 0.2) is 12.3 Å². The molecular formula is C11H14N2O2. The van der Waals surface area contributed by atoms with Crippen LogP contribution in [0.1, 0.15) is 29.2 Å². The van der Waals surface area contributed by atoms with Crippen LogP contribution in [0.3, 0.4) is 0 Å². The molecule has 1 saturated heterocycles. The molecule has 1 fully saturated rings. The van der Waals surface area contributed by atoms with E-state index in [9.17, 15) is 4.79 Å². The normalized spacial score (nSPS) is 17.7. The third-order valence-corrected chi connectivity index (χ3v) is 2.62. The number of carbonyl (C=O) groups is 1. The largest absolute Gasteiger partial charge is 0.381 e. The van der Waals surface area contributed by atoms with Crippen molar-refractivity contribution in [2.24, 2.45) is 5.92 Å². The quantitative estimate of drug-likeness (QED) is 0.686. The van der Waals surface area contributed by atoms with Crippen LogP contribution in [-0.4, -0.2) is 29.0 Å². The molecule has 0 unspecified atom stereocenters. The molecule has 0 amide bonds. The summed E-state index contributed by atoms with van der Waals surface area (Å²) in [5.74, 6) is 0.852. The van der Waals surface area contributed by atoms with E-state index < -0.39 is 0 Å². The van der Waals surface area contributed by atoms with Gasteiger partial charge in [-0.15, -0.1) is 0 Å². The Morgan fingerprint density at radius 1 is 1.47 bits per heavy atom. The fourth-order valence-electron chi connectivity index (χ4n) is 1.76. The molecule has 4 heteroatoms. The van der Waals surface area contributed by atoms with Crippen LogP contribution in [0.2, 0.25) is 0 Å². The minimum Gasteiger partial charge on any atom is -0.381 e. The van der Waals surface area contributed by atoms with Gasteiger partial charge in [-0.2, -0.15) is 0 Å². The number of hydrogen-bond donors (Lipinski definition) is 0. The molecule has 0 radical (unpaired) electrons. The molecule has 0 saturated carbocycles. The van der Waals surface area contributed by atoms with Gasteiger partial charge in [-0.1, -0.05) is 0 Å². The van der Waals surface area contributed by atoms with Crippen molar-refractivity contribution in [1.29, 1.82) is 0 Å². The third-order valence-electron chi connectivity index (χ3n) is 2.62. The Morgan fingerprint density at radius 3 is 2.87 bits per heavy atom. The topological polar surface area (TPSA) is 52.1 Å². The number of carbonyl (C=O) groups excluding carboxylic acids is 1. The first kappa shape index (κ1) is 10.2. The standard InChI is InChI=1S/C11H14N2O2/c1-8-12-5-2-10(13-8)11(14)9-3-6-15-7-4-9/h2,5,9H,3-4,6-7H2,1H3. The van der Waals surface area contributed by atoms with E-state index in [1.165, 1.54) is 0 Å². The summed E-state index contributed by atoms with van der Waals surface area (Å²) in [5, 5.41) is 0. The van der Waals surface area contributed by atoms with Crippen LogP contribution in [-0.2, 0) is 4.74 Å². The lowest BCUT2D eigenvalue weighted by Gasteiger charge is -2.20. The summed E-state index contributed by atoms with van der Waals surface area (Å²) >= 11 is 0. The zero-order valence-corrected chi connectivity index (χ0v) is 8.77. The first-order chi connectivity index (χ1) is 7.27. The number of ketones is 1. The smallest absolute Gasteiger partial charge is 0.184 e. The molecule has 0 N–H and O–H groups in total. The van der Waals surface area contributed by atoms with Gasteiger partial charge in [0, 0.05) is 25.3 Å². The Balaban J connectivity index is 2.12. The summed E-state index contributed by atoms with van der Waals surface area (Å²) in [6.45, 7) is 3.15. The molecule has 0 spiro atoms. The monoisotopic (exact) mass is 206 g/mol. The Bertz CT molecular complexity index is 359. The maximum Gasteiger partial charge on any atom is 0.184 e. The van der Waals surface area contributed by atoms with Crippen LogP contribution < -0.4 is 0 Å². The van der Waals surface area contributed by atoms with Crippen LogP contribution in [0.4, 0.5) is 0 Å². The molecule has 1 aromatic rings. The van der Waals surface area contributed by atoms with E-state index in [2.05, 4.69) is 9.97 Å². The van der Waals surface area contributed by atoms with Gasteiger partial charge in [0.1, 0.15) is 11.5 Å². The first-order valence-electron chi connectivity index (χ1n) is 5.19. The molecular weight excluding hydrogens is 192 g/mol. The fourth-order valence-corrected chi connectivity index (χ4v) is 1.76. The van der Waals surface area contributed by atoms with E-state index in [0.29, 0.717) is 24.7 Å². The van der Waals surface area contributed by atoms with E-state index in [1.54, 1.807) is 19.2 Å². The predicted molar refractivity (Wildman–Crippen MR) is 54.6 cm³/mol. The highest BCUT2D eigenvalue weighted by Crippen LogP contribution is 2.18. The van der Waals surface area contributed by atoms with Gasteiger partial charge < -0.3 is 4.74 Å². The second kappa shape index (κ2) is 4.49. The maximum atomic E-state index is 12.0. The van der Waals surface area contributed by atoms with Gasteiger partial charge in [0.15, 0.2) is 5.78 Å². The first-order valence-corrected chi connectivity index (χ1v) is 5.19. The summed E-state index contributed by atoms with van der Waals surface area (Å²) in [6.07, 6.45) is 3.25. The van der Waals surface area contributed by atoms with Gasteiger partial charge in [0.25, 0.3) is 0 Å². The summed E-state index contributed by atoms with van der Waals surface area (Å²) in [6, 6.07) is 1.69. The van der Waals surface area contributed by atoms with Crippen molar-refractivity contribution in [1.82, 2.24) is 9.97 Å². The second-order valence-electron chi connectivity index (χ2n) is 3.74. The van der Waals surface area contributed by atoms with E-state index in [-0.39, 0.29) is 11.7 Å². The van der Waals surface area contributed by atoms with Crippen LogP contribution in [0.5, 0.6) is 0 Å². The molecule has 15 heavy (non-hydrogen) atoms. The van der Waals surface area contributed by atoms with E-state index in [1.807, 2.05) is 0 Å². The Labute approximate surface area is 88.7 Å². The highest BCUT2D eigenvalue weighted by atomic mass is 16.5. The van der Waals surface area contributed by atoms with Gasteiger partial charge in [-0.3, -0.25) is 4.79 Å². The van der Waals surface area contributed by atoms with Crippen molar-refractivity contribution >= 4 is 5.78 Å². The zero-order chi connectivity index (χ0) is 10.7. The lowest BCUT2D eigenvalue weighted by molar-refractivity contribution is 0.0541. The summed E-state index contributed by atoms with van der Waals surface area (Å²) in [5.41, 5.74) is 0.536. The molecule has 0 bridgehead atoms. The van der Waals surface area contributed by atoms with E-state index in [0.717, 1.165) is 12.8 Å². The molecule has 80 valence electrons. The molecule has 0 atom stereocenters. The summed E-state index contributed by atoms with van der Waals surface area (Å²) in [7, 11) is 0. The Morgan fingerprint density at radius 2 is 2.20 bits per heavy atom. The highest BCUT2D eigenvalue weighted by molar-refractivity contribution is 5.96. The number of ether oxygens (including phenoxy) is 1. The van der Waals surface area contributed by atoms with Crippen molar-refractivity contribution in [2.75, 3.05) is 13.2 Å². The Kier molecular flexibility index (Phi) is 3.06. The van der Waals surface area contributed by atoms with Gasteiger partial charge in [0.2, 0.25) is 0 Å². The number of aromatic nitrogens is 2. The molecule has 0 aliphatic carbocycles. The maximum absolute atomic E-state index is 12.0. The molecule has 1 aliphatic heterocycles. The number of hydrogen-bond acceptors (Lipinski definition) is 4. The van der Waals surface area contributed by atoms with E-state index in [4.69, 9.17) is 4.74 Å². The van der Waals surface area contributed by atoms with Gasteiger partial charge in [0.05, 0.1) is 0 Å². The Hall–Kier alpha value is -1.29. The van der Waals surface area contributed by atoms with Gasteiger partial charge in [-0.05, 0) is 25.8 Å². The second-order valence-corrected chi connectivity index (χ2v) is 3.74. The van der Waals surface area contributed by atoms with E-state index >= 15 is 0 Å². The SMILES string of the molecule is Cc1nccc(C(=O)C2CCOCC2)n1. The number of Topliss-reactive ketones (excluding diaryl/α,β-unsaturated/α-hetero) is 1. The highest BCUT2D eigenvalue weighted by Gasteiger charge is 2.23. The minimum absolute atomic E-state index is 0.0769. The van der Waals surface area contributed by atoms with Crippen LogP contribution in [0.25, 0.3) is 0 Å². The lowest BCUT2D eigenvalue weighted by Crippen LogP contribution is -2.24. The number of rotatable bonds is 2. The minimum atomic E-state index is 0.0769. The van der Waals surface area contributed by atoms with Gasteiger partial charge in [-0.25, -0.2) is 9.97 Å². The molecule has 1 aliphatic rings. The summed E-state index contributed by atoms with van der Waals surface area (Å²) < 4.78 is 5.22. The van der Waals surface area contributed by atoms with Crippen molar-refractivity contribution in [3.05, 3.63) is 23.8 Å². The van der Waals surface area contributed by atoms with Crippen molar-refractivity contribution in [2.45, 2.75) is 19.8 Å². The zero-order valence-electron chi connectivity index (χ0n) is 8.77. The summed E-state index contributed by atoms with van der Waals surface area (Å²) in [4.78, 5) is 20.1. The number of aryl methyl sites for hydroxylation is 1. The average Bonchev–Trinajstić information content (AvgIpc) is 2.29. The van der Waals surface area contributed by atoms with Crippen molar-refractivity contribution in [3.63, 3.8) is 0 Å².